The van der Waals surface area contributed by atoms with Gasteiger partial charge in [0, 0.05) is 0 Å². The molecule has 25 heavy (non-hydrogen) atoms. The van der Waals surface area contributed by atoms with E-state index in [9.17, 15) is 14.4 Å². The van der Waals surface area contributed by atoms with E-state index in [2.05, 4.69) is 5.32 Å². The minimum Gasteiger partial charge on any atom is -0.467 e. The molecule has 0 unspecified atom stereocenters. The zero-order chi connectivity index (χ0) is 19.3. The third-order valence-electron chi connectivity index (χ3n) is 3.42. The molecule has 1 rings (SSSR count). The number of hydroxylamine groups is 2. The van der Waals surface area contributed by atoms with Crippen LogP contribution in [0.4, 0.5) is 0 Å². The molecule has 0 spiro atoms. The van der Waals surface area contributed by atoms with Crippen LogP contribution >= 0.6 is 0 Å². The molecular formula is C18H26N2O5. The van der Waals surface area contributed by atoms with Gasteiger partial charge in [-0.25, -0.2) is 9.86 Å². The van der Waals surface area contributed by atoms with Crippen LogP contribution in [-0.4, -0.2) is 41.6 Å². The number of benzene rings is 1. The van der Waals surface area contributed by atoms with E-state index in [1.807, 2.05) is 0 Å². The predicted molar refractivity (Wildman–Crippen MR) is 92.2 cm³/mol. The van der Waals surface area contributed by atoms with E-state index in [1.54, 1.807) is 51.1 Å². The number of ether oxygens (including phenoxy) is 1. The van der Waals surface area contributed by atoms with Crippen molar-refractivity contribution in [3.8, 4) is 0 Å². The van der Waals surface area contributed by atoms with Crippen LogP contribution in [0.3, 0.4) is 0 Å². The van der Waals surface area contributed by atoms with Crippen molar-refractivity contribution in [1.29, 1.82) is 0 Å². The summed E-state index contributed by atoms with van der Waals surface area (Å²) in [6, 6.07) is 7.73. The Labute approximate surface area is 148 Å². The smallest absolute Gasteiger partial charge is 0.333 e. The van der Waals surface area contributed by atoms with Crippen molar-refractivity contribution in [2.24, 2.45) is 0 Å². The molecule has 0 heterocycles. The number of hydrogen-bond acceptors (Lipinski definition) is 5. The number of carbonyl (C=O) groups excluding carboxylic acids is 3. The molecule has 0 radical (unpaired) electrons. The molecular weight excluding hydrogens is 324 g/mol. The Morgan fingerprint density at radius 2 is 1.68 bits per heavy atom. The summed E-state index contributed by atoms with van der Waals surface area (Å²) in [5.41, 5.74) is -1.43. The summed E-state index contributed by atoms with van der Waals surface area (Å²) in [5.74, 6) is -1.16. The molecule has 138 valence electrons. The van der Waals surface area contributed by atoms with Crippen LogP contribution in [0.25, 0.3) is 0 Å². The maximum absolute atomic E-state index is 12.8. The maximum atomic E-state index is 12.8. The minimum absolute atomic E-state index is 0.445. The highest BCUT2D eigenvalue weighted by Crippen LogP contribution is 2.22. The Kier molecular flexibility index (Phi) is 6.70. The van der Waals surface area contributed by atoms with Crippen LogP contribution in [0.1, 0.15) is 46.2 Å². The zero-order valence-corrected chi connectivity index (χ0v) is 15.5. The van der Waals surface area contributed by atoms with Gasteiger partial charge in [-0.05, 0) is 40.2 Å². The molecule has 0 aliphatic heterocycles. The number of esters is 1. The quantitative estimate of drug-likeness (QED) is 0.462. The lowest BCUT2D eigenvalue weighted by Crippen LogP contribution is -2.57. The van der Waals surface area contributed by atoms with Gasteiger partial charge >= 0.3 is 5.97 Å². The van der Waals surface area contributed by atoms with Gasteiger partial charge in [0.2, 0.25) is 12.3 Å². The number of hydrogen-bond donors (Lipinski definition) is 1. The van der Waals surface area contributed by atoms with E-state index in [-0.39, 0.29) is 0 Å². The molecule has 0 saturated carbocycles. The van der Waals surface area contributed by atoms with E-state index >= 15 is 0 Å². The summed E-state index contributed by atoms with van der Waals surface area (Å²) in [7, 11) is 1.25. The van der Waals surface area contributed by atoms with Crippen molar-refractivity contribution < 1.29 is 24.0 Å². The molecule has 0 bridgehead atoms. The van der Waals surface area contributed by atoms with Crippen molar-refractivity contribution in [2.75, 3.05) is 7.11 Å². The first-order valence-electron chi connectivity index (χ1n) is 7.90. The Balaban J connectivity index is 3.05. The SMILES string of the molecule is COC(=O)[C@H](NC(=O)C(C)(C)N(C=O)OC(C)(C)C)c1ccccc1. The topological polar surface area (TPSA) is 84.9 Å². The van der Waals surface area contributed by atoms with Crippen molar-refractivity contribution in [3.05, 3.63) is 35.9 Å². The molecule has 0 aromatic heterocycles. The molecule has 0 saturated heterocycles. The molecule has 2 amide bonds. The van der Waals surface area contributed by atoms with Crippen molar-refractivity contribution in [3.63, 3.8) is 0 Å². The third-order valence-corrected chi connectivity index (χ3v) is 3.42. The zero-order valence-electron chi connectivity index (χ0n) is 15.5. The summed E-state index contributed by atoms with van der Waals surface area (Å²) in [6.45, 7) is 8.35. The third kappa shape index (κ3) is 5.56. The highest BCUT2D eigenvalue weighted by molar-refractivity contribution is 5.91. The van der Waals surface area contributed by atoms with E-state index in [4.69, 9.17) is 9.57 Å². The van der Waals surface area contributed by atoms with E-state index in [1.165, 1.54) is 21.0 Å². The molecule has 1 aromatic rings. The molecule has 0 aliphatic carbocycles. The van der Waals surface area contributed by atoms with Gasteiger partial charge in [0.25, 0.3) is 0 Å². The van der Waals surface area contributed by atoms with Crippen LogP contribution < -0.4 is 5.32 Å². The molecule has 0 aliphatic rings. The fourth-order valence-electron chi connectivity index (χ4n) is 2.01. The van der Waals surface area contributed by atoms with Gasteiger partial charge in [-0.1, -0.05) is 30.3 Å². The van der Waals surface area contributed by atoms with Gasteiger partial charge < -0.3 is 10.1 Å². The monoisotopic (exact) mass is 350 g/mol. The molecule has 7 nitrogen and oxygen atoms in total. The van der Waals surface area contributed by atoms with Crippen molar-refractivity contribution in [2.45, 2.75) is 51.8 Å². The second-order valence-corrected chi connectivity index (χ2v) is 7.03. The number of methoxy groups -OCH3 is 1. The van der Waals surface area contributed by atoms with Gasteiger partial charge in [0.1, 0.15) is 5.54 Å². The largest absolute Gasteiger partial charge is 0.467 e. The number of rotatable bonds is 7. The summed E-state index contributed by atoms with van der Waals surface area (Å²) < 4.78 is 4.78. The first kappa shape index (κ1) is 20.6. The maximum Gasteiger partial charge on any atom is 0.333 e. The molecule has 1 atom stereocenters. The van der Waals surface area contributed by atoms with Gasteiger partial charge in [0.15, 0.2) is 6.04 Å². The molecule has 7 heteroatoms. The van der Waals surface area contributed by atoms with Crippen molar-refractivity contribution >= 4 is 18.3 Å². The van der Waals surface area contributed by atoms with E-state index < -0.39 is 29.1 Å². The van der Waals surface area contributed by atoms with E-state index in [0.717, 1.165) is 5.06 Å². The van der Waals surface area contributed by atoms with Gasteiger partial charge in [-0.3, -0.25) is 14.4 Å². The second-order valence-electron chi connectivity index (χ2n) is 7.03. The standard InChI is InChI=1S/C18H26N2O5/c1-17(2,3)25-20(12-21)18(4,5)16(23)19-14(15(22)24-6)13-10-8-7-9-11-13/h7-12,14H,1-6H3,(H,19,23)/t14-/m1/s1. The minimum atomic E-state index is -1.34. The fourth-order valence-corrected chi connectivity index (χ4v) is 2.01. The Morgan fingerprint density at radius 1 is 1.12 bits per heavy atom. The van der Waals surface area contributed by atoms with Crippen LogP contribution in [0.5, 0.6) is 0 Å². The number of carbonyl (C=O) groups is 3. The summed E-state index contributed by atoms with van der Waals surface area (Å²) in [4.78, 5) is 41.8. The van der Waals surface area contributed by atoms with Crippen LogP contribution in [0, 0.1) is 0 Å². The Morgan fingerprint density at radius 3 is 2.12 bits per heavy atom. The van der Waals surface area contributed by atoms with Gasteiger partial charge in [-0.15, -0.1) is 0 Å². The van der Waals surface area contributed by atoms with Crippen LogP contribution in [-0.2, 0) is 24.0 Å². The van der Waals surface area contributed by atoms with Crippen molar-refractivity contribution in [1.82, 2.24) is 10.4 Å². The van der Waals surface area contributed by atoms with Gasteiger partial charge in [0.05, 0.1) is 12.7 Å². The first-order valence-corrected chi connectivity index (χ1v) is 7.90. The lowest BCUT2D eigenvalue weighted by molar-refractivity contribution is -0.247. The Hall–Kier alpha value is -2.41. The lowest BCUT2D eigenvalue weighted by Gasteiger charge is -2.37. The highest BCUT2D eigenvalue weighted by Gasteiger charge is 2.39. The average Bonchev–Trinajstić information content (AvgIpc) is 2.56. The number of nitrogens with one attached hydrogen (secondary N) is 1. The summed E-state index contributed by atoms with van der Waals surface area (Å²) >= 11 is 0. The predicted octanol–water partition coefficient (Wildman–Crippen LogP) is 1.98. The molecule has 1 aromatic carbocycles. The van der Waals surface area contributed by atoms with Crippen LogP contribution in [0.15, 0.2) is 30.3 Å². The van der Waals surface area contributed by atoms with E-state index in [0.29, 0.717) is 12.0 Å². The normalized spacial score (nSPS) is 12.9. The lowest BCUT2D eigenvalue weighted by atomic mass is 10.0. The molecule has 1 N–H and O–H groups in total. The second kappa shape index (κ2) is 8.11. The highest BCUT2D eigenvalue weighted by atomic mass is 16.7. The molecule has 0 fully saturated rings. The first-order chi connectivity index (χ1) is 11.5. The number of amides is 2. The number of nitrogens with zero attached hydrogens (tertiary/aromatic N) is 1. The van der Waals surface area contributed by atoms with Gasteiger partial charge in [-0.2, -0.15) is 0 Å². The van der Waals surface area contributed by atoms with Crippen LogP contribution in [0.2, 0.25) is 0 Å². The summed E-state index contributed by atoms with van der Waals surface area (Å²) in [5, 5.41) is 3.58. The fraction of sp³-hybridized carbons (Fsp3) is 0.500. The Bertz CT molecular complexity index is 608. The average molecular weight is 350 g/mol. The summed E-state index contributed by atoms with van der Waals surface area (Å²) in [6.07, 6.45) is 0.445.